The van der Waals surface area contributed by atoms with Gasteiger partial charge in [0.25, 0.3) is 0 Å². The second kappa shape index (κ2) is 4.52. The molecule has 0 aromatic carbocycles. The van der Waals surface area contributed by atoms with Crippen LogP contribution in [0.1, 0.15) is 49.7 Å². The number of nitrogens with zero attached hydrogens (tertiary/aromatic N) is 4. The van der Waals surface area contributed by atoms with Gasteiger partial charge in [0.05, 0.1) is 6.07 Å². The van der Waals surface area contributed by atoms with Gasteiger partial charge in [-0.25, -0.2) is 0 Å². The summed E-state index contributed by atoms with van der Waals surface area (Å²) in [5.41, 5.74) is 0. The zero-order chi connectivity index (χ0) is 12.5. The summed E-state index contributed by atoms with van der Waals surface area (Å²) in [6.45, 7) is 0.841. The molecule has 1 fully saturated rings. The number of hydrogen-bond donors (Lipinski definition) is 0. The molecule has 2 heterocycles. The molecular formula is C13H16N4O. The third kappa shape index (κ3) is 1.92. The fourth-order valence-corrected chi connectivity index (χ4v) is 2.57. The number of ketones is 1. The van der Waals surface area contributed by atoms with Crippen molar-refractivity contribution >= 4 is 5.78 Å². The molecule has 2 aliphatic rings. The summed E-state index contributed by atoms with van der Waals surface area (Å²) in [7, 11) is 0. The molecule has 1 aromatic rings. The number of hydrogen-bond acceptors (Lipinski definition) is 4. The Kier molecular flexibility index (Phi) is 2.86. The molecule has 94 valence electrons. The van der Waals surface area contributed by atoms with E-state index in [4.69, 9.17) is 0 Å². The average Bonchev–Trinajstić information content (AvgIpc) is 3.18. The van der Waals surface area contributed by atoms with Crippen LogP contribution in [0, 0.1) is 17.2 Å². The Bertz CT molecular complexity index is 510. The third-order valence-corrected chi connectivity index (χ3v) is 3.79. The van der Waals surface area contributed by atoms with Crippen LogP contribution in [-0.4, -0.2) is 20.5 Å². The van der Waals surface area contributed by atoms with Crippen LogP contribution in [0.3, 0.4) is 0 Å². The van der Waals surface area contributed by atoms with E-state index in [9.17, 15) is 10.1 Å². The molecule has 0 unspecified atom stereocenters. The summed E-state index contributed by atoms with van der Waals surface area (Å²) in [5.74, 6) is 0.930. The lowest BCUT2D eigenvalue weighted by atomic mass is 10.0. The summed E-state index contributed by atoms with van der Waals surface area (Å²) in [4.78, 5) is 12.1. The second-order valence-corrected chi connectivity index (χ2v) is 5.18. The van der Waals surface area contributed by atoms with Crippen molar-refractivity contribution < 1.29 is 4.79 Å². The standard InChI is InChI=1S/C13H16N4O/c14-8-10(12(18)9-5-6-9)13-16-15-11-4-2-1-3-7-17(11)13/h9-10H,1-7H2/t10-/m0/s1. The SMILES string of the molecule is N#C[C@@H](C(=O)C1CC1)c1nnc2n1CCCCC2. The molecule has 1 aromatic heterocycles. The number of fused-ring (bicyclic) bond motifs is 1. The summed E-state index contributed by atoms with van der Waals surface area (Å²) in [6, 6.07) is 2.12. The summed E-state index contributed by atoms with van der Waals surface area (Å²) in [5, 5.41) is 17.5. The van der Waals surface area contributed by atoms with E-state index in [0.29, 0.717) is 5.82 Å². The Morgan fingerprint density at radius 1 is 1.33 bits per heavy atom. The van der Waals surface area contributed by atoms with Crippen LogP contribution in [0.25, 0.3) is 0 Å². The van der Waals surface area contributed by atoms with Gasteiger partial charge in [-0.3, -0.25) is 4.79 Å². The Balaban J connectivity index is 1.93. The lowest BCUT2D eigenvalue weighted by molar-refractivity contribution is -0.120. The van der Waals surface area contributed by atoms with Crippen molar-refractivity contribution in [3.05, 3.63) is 11.6 Å². The highest BCUT2D eigenvalue weighted by Crippen LogP contribution is 2.35. The minimum absolute atomic E-state index is 0.0388. The highest BCUT2D eigenvalue weighted by molar-refractivity contribution is 5.91. The molecule has 0 N–H and O–H groups in total. The predicted octanol–water partition coefficient (Wildman–Crippen LogP) is 1.59. The van der Waals surface area contributed by atoms with Gasteiger partial charge in [0.15, 0.2) is 17.5 Å². The molecule has 1 aliphatic heterocycles. The number of nitriles is 1. The number of carbonyl (C=O) groups excluding carboxylic acids is 1. The average molecular weight is 244 g/mol. The second-order valence-electron chi connectivity index (χ2n) is 5.18. The number of Topliss-reactive ketones (excluding diaryl/α,β-unsaturated/α-hetero) is 1. The number of aryl methyl sites for hydroxylation is 1. The van der Waals surface area contributed by atoms with Crippen LogP contribution in [0.5, 0.6) is 0 Å². The number of carbonyl (C=O) groups is 1. The molecule has 1 aliphatic carbocycles. The van der Waals surface area contributed by atoms with Gasteiger partial charge in [0, 0.05) is 18.9 Å². The topological polar surface area (TPSA) is 71.6 Å². The minimum Gasteiger partial charge on any atom is -0.313 e. The molecule has 3 rings (SSSR count). The number of rotatable bonds is 3. The van der Waals surface area contributed by atoms with Crippen molar-refractivity contribution in [2.45, 2.75) is 51.0 Å². The van der Waals surface area contributed by atoms with Gasteiger partial charge in [-0.05, 0) is 25.7 Å². The van der Waals surface area contributed by atoms with Crippen molar-refractivity contribution in [3.8, 4) is 6.07 Å². The molecule has 0 amide bonds. The van der Waals surface area contributed by atoms with E-state index >= 15 is 0 Å². The maximum atomic E-state index is 12.1. The van der Waals surface area contributed by atoms with Crippen molar-refractivity contribution in [3.63, 3.8) is 0 Å². The highest BCUT2D eigenvalue weighted by Gasteiger charge is 2.38. The molecule has 18 heavy (non-hydrogen) atoms. The Labute approximate surface area is 106 Å². The van der Waals surface area contributed by atoms with Gasteiger partial charge >= 0.3 is 0 Å². The maximum Gasteiger partial charge on any atom is 0.165 e. The first-order valence-corrected chi connectivity index (χ1v) is 6.66. The summed E-state index contributed by atoms with van der Waals surface area (Å²) < 4.78 is 2.00. The lowest BCUT2D eigenvalue weighted by Crippen LogP contribution is -2.18. The van der Waals surface area contributed by atoms with Crippen molar-refractivity contribution in [2.24, 2.45) is 5.92 Å². The van der Waals surface area contributed by atoms with E-state index in [1.165, 1.54) is 6.42 Å². The minimum atomic E-state index is -0.711. The van der Waals surface area contributed by atoms with E-state index in [1.54, 1.807) is 0 Å². The Morgan fingerprint density at radius 3 is 2.89 bits per heavy atom. The van der Waals surface area contributed by atoms with E-state index in [2.05, 4.69) is 16.3 Å². The van der Waals surface area contributed by atoms with Gasteiger partial charge < -0.3 is 4.57 Å². The largest absolute Gasteiger partial charge is 0.313 e. The highest BCUT2D eigenvalue weighted by atomic mass is 16.1. The maximum absolute atomic E-state index is 12.1. The van der Waals surface area contributed by atoms with Crippen LogP contribution in [0.2, 0.25) is 0 Å². The third-order valence-electron chi connectivity index (χ3n) is 3.79. The van der Waals surface area contributed by atoms with Gasteiger partial charge in [0.1, 0.15) is 5.82 Å². The first kappa shape index (κ1) is 11.4. The predicted molar refractivity (Wildman–Crippen MR) is 63.7 cm³/mol. The van der Waals surface area contributed by atoms with Crippen LogP contribution in [0.15, 0.2) is 0 Å². The van der Waals surface area contributed by atoms with Crippen molar-refractivity contribution in [2.75, 3.05) is 0 Å². The van der Waals surface area contributed by atoms with E-state index in [0.717, 1.165) is 44.5 Å². The van der Waals surface area contributed by atoms with Gasteiger partial charge in [-0.1, -0.05) is 6.42 Å². The summed E-state index contributed by atoms with van der Waals surface area (Å²) in [6.07, 6.45) is 6.13. The molecule has 1 atom stereocenters. The van der Waals surface area contributed by atoms with Crippen LogP contribution >= 0.6 is 0 Å². The van der Waals surface area contributed by atoms with Crippen molar-refractivity contribution in [1.29, 1.82) is 5.26 Å². The lowest BCUT2D eigenvalue weighted by Gasteiger charge is -2.10. The van der Waals surface area contributed by atoms with E-state index < -0.39 is 5.92 Å². The fourth-order valence-electron chi connectivity index (χ4n) is 2.57. The molecular weight excluding hydrogens is 228 g/mol. The Hall–Kier alpha value is -1.70. The molecule has 1 saturated carbocycles. The van der Waals surface area contributed by atoms with Gasteiger partial charge in [-0.15, -0.1) is 10.2 Å². The van der Waals surface area contributed by atoms with Crippen LogP contribution in [0.4, 0.5) is 0 Å². The van der Waals surface area contributed by atoms with Gasteiger partial charge in [0.2, 0.25) is 0 Å². The monoisotopic (exact) mass is 244 g/mol. The zero-order valence-electron chi connectivity index (χ0n) is 10.3. The zero-order valence-corrected chi connectivity index (χ0v) is 10.3. The first-order chi connectivity index (χ1) is 8.81. The van der Waals surface area contributed by atoms with Crippen LogP contribution in [-0.2, 0) is 17.8 Å². The van der Waals surface area contributed by atoms with E-state index in [-0.39, 0.29) is 11.7 Å². The Morgan fingerprint density at radius 2 is 2.17 bits per heavy atom. The molecule has 0 bridgehead atoms. The van der Waals surface area contributed by atoms with Gasteiger partial charge in [-0.2, -0.15) is 5.26 Å². The first-order valence-electron chi connectivity index (χ1n) is 6.66. The fraction of sp³-hybridized carbons (Fsp3) is 0.692. The number of aromatic nitrogens is 3. The van der Waals surface area contributed by atoms with Crippen LogP contribution < -0.4 is 0 Å². The normalized spacial score (nSPS) is 20.6. The summed E-state index contributed by atoms with van der Waals surface area (Å²) >= 11 is 0. The van der Waals surface area contributed by atoms with E-state index in [1.807, 2.05) is 4.57 Å². The van der Waals surface area contributed by atoms with Crippen molar-refractivity contribution in [1.82, 2.24) is 14.8 Å². The molecule has 5 heteroatoms. The smallest absolute Gasteiger partial charge is 0.165 e. The quantitative estimate of drug-likeness (QED) is 0.809. The molecule has 0 radical (unpaired) electrons. The molecule has 0 saturated heterocycles. The molecule has 5 nitrogen and oxygen atoms in total. The molecule has 0 spiro atoms.